The normalized spacial score (nSPS) is 11.5. The number of nitrogens with one attached hydrogen (secondary N) is 1. The zero-order valence-corrected chi connectivity index (χ0v) is 13.1. The molecule has 1 amide bonds. The molecule has 0 saturated heterocycles. The molecular formula is C16H16N2O3S. The maximum absolute atomic E-state index is 12.1. The minimum Gasteiger partial charge on any atom is -0.268 e. The Morgan fingerprint density at radius 3 is 2.64 bits per heavy atom. The van der Waals surface area contributed by atoms with Crippen LogP contribution in [-0.2, 0) is 10.0 Å². The van der Waals surface area contributed by atoms with Crippen LogP contribution < -0.4 is 4.72 Å². The quantitative estimate of drug-likeness (QED) is 0.940. The molecular weight excluding hydrogens is 300 g/mol. The van der Waals surface area contributed by atoms with Crippen molar-refractivity contribution in [3.8, 4) is 0 Å². The lowest BCUT2D eigenvalue weighted by molar-refractivity contribution is 0.0981. The maximum Gasteiger partial charge on any atom is 0.265 e. The Bertz CT molecular complexity index is 813. The molecule has 22 heavy (non-hydrogen) atoms. The molecule has 1 N–H and O–H groups in total. The Morgan fingerprint density at radius 1 is 1.23 bits per heavy atom. The van der Waals surface area contributed by atoms with Crippen LogP contribution in [-0.4, -0.2) is 19.3 Å². The topological polar surface area (TPSA) is 76.1 Å². The third-order valence-corrected chi connectivity index (χ3v) is 3.95. The van der Waals surface area contributed by atoms with E-state index in [1.54, 1.807) is 37.4 Å². The Balaban J connectivity index is 2.14. The molecule has 6 heteroatoms. The van der Waals surface area contributed by atoms with Crippen LogP contribution in [0.5, 0.6) is 0 Å². The van der Waals surface area contributed by atoms with Gasteiger partial charge < -0.3 is 0 Å². The predicted molar refractivity (Wildman–Crippen MR) is 85.6 cm³/mol. The molecule has 5 nitrogen and oxygen atoms in total. The van der Waals surface area contributed by atoms with Crippen molar-refractivity contribution in [3.05, 3.63) is 70.4 Å². The highest BCUT2D eigenvalue weighted by molar-refractivity contribution is 7.93. The highest BCUT2D eigenvalue weighted by Gasteiger charge is 2.15. The van der Waals surface area contributed by atoms with Gasteiger partial charge in [0.15, 0.2) is 0 Å². The number of benzene rings is 1. The van der Waals surface area contributed by atoms with Gasteiger partial charge in [-0.25, -0.2) is 13.1 Å². The van der Waals surface area contributed by atoms with Crippen LogP contribution in [0.1, 0.15) is 27.0 Å². The van der Waals surface area contributed by atoms with Gasteiger partial charge in [0.2, 0.25) is 0 Å². The summed E-state index contributed by atoms with van der Waals surface area (Å²) >= 11 is 0. The number of aromatic nitrogens is 1. The van der Waals surface area contributed by atoms with E-state index in [0.717, 1.165) is 16.5 Å². The number of carbonyl (C=O) groups is 1. The second-order valence-corrected chi connectivity index (χ2v) is 6.45. The molecule has 0 aliphatic heterocycles. The monoisotopic (exact) mass is 316 g/mol. The molecule has 0 aliphatic rings. The summed E-state index contributed by atoms with van der Waals surface area (Å²) in [5, 5.41) is 0.950. The molecule has 114 valence electrons. The molecule has 1 heterocycles. The van der Waals surface area contributed by atoms with Gasteiger partial charge in [-0.3, -0.25) is 9.78 Å². The number of carbonyl (C=O) groups excluding carboxylic acids is 1. The van der Waals surface area contributed by atoms with Crippen molar-refractivity contribution in [2.45, 2.75) is 13.8 Å². The number of sulfonamides is 1. The Labute approximate surface area is 129 Å². The fourth-order valence-corrected chi connectivity index (χ4v) is 2.70. The van der Waals surface area contributed by atoms with Crippen molar-refractivity contribution in [1.82, 2.24) is 9.71 Å². The van der Waals surface area contributed by atoms with E-state index >= 15 is 0 Å². The number of pyridine rings is 1. The standard InChI is InChI=1S/C16H16N2O3S/c1-12-5-6-15(13(2)10-12)16(19)18-22(20,21)9-7-14-4-3-8-17-11-14/h3-11H,1-2H3,(H,18,19)/b9-7+. The highest BCUT2D eigenvalue weighted by Crippen LogP contribution is 2.11. The van der Waals surface area contributed by atoms with Gasteiger partial charge in [-0.15, -0.1) is 0 Å². The average molecular weight is 316 g/mol. The molecule has 0 aliphatic carbocycles. The molecule has 0 fully saturated rings. The van der Waals surface area contributed by atoms with Crippen LogP contribution in [0.25, 0.3) is 6.08 Å². The van der Waals surface area contributed by atoms with Gasteiger partial charge in [-0.05, 0) is 43.2 Å². The van der Waals surface area contributed by atoms with Crippen molar-refractivity contribution in [2.75, 3.05) is 0 Å². The zero-order valence-electron chi connectivity index (χ0n) is 12.3. The molecule has 1 aromatic carbocycles. The summed E-state index contributed by atoms with van der Waals surface area (Å²) in [4.78, 5) is 15.9. The van der Waals surface area contributed by atoms with Crippen LogP contribution in [0, 0.1) is 13.8 Å². The summed E-state index contributed by atoms with van der Waals surface area (Å²) in [5.74, 6) is -0.645. The first-order valence-corrected chi connectivity index (χ1v) is 8.14. The van der Waals surface area contributed by atoms with Gasteiger partial charge in [0.1, 0.15) is 0 Å². The van der Waals surface area contributed by atoms with Crippen molar-refractivity contribution in [1.29, 1.82) is 0 Å². The van der Waals surface area contributed by atoms with Crippen LogP contribution in [0.15, 0.2) is 48.1 Å². The number of hydrogen-bond donors (Lipinski definition) is 1. The van der Waals surface area contributed by atoms with E-state index in [9.17, 15) is 13.2 Å². The first-order chi connectivity index (χ1) is 10.4. The van der Waals surface area contributed by atoms with E-state index in [1.165, 1.54) is 12.3 Å². The maximum atomic E-state index is 12.1. The van der Waals surface area contributed by atoms with Gasteiger partial charge in [0.05, 0.1) is 5.41 Å². The molecule has 2 aromatic rings. The largest absolute Gasteiger partial charge is 0.268 e. The summed E-state index contributed by atoms with van der Waals surface area (Å²) in [5.41, 5.74) is 2.70. The number of amides is 1. The summed E-state index contributed by atoms with van der Waals surface area (Å²) in [6.07, 6.45) is 4.50. The Kier molecular flexibility index (Phi) is 4.72. The fourth-order valence-electron chi connectivity index (χ4n) is 1.93. The molecule has 0 radical (unpaired) electrons. The van der Waals surface area contributed by atoms with E-state index in [0.29, 0.717) is 11.1 Å². The van der Waals surface area contributed by atoms with E-state index in [2.05, 4.69) is 4.98 Å². The molecule has 1 aromatic heterocycles. The van der Waals surface area contributed by atoms with Gasteiger partial charge in [-0.1, -0.05) is 23.8 Å². The predicted octanol–water partition coefficient (Wildman–Crippen LogP) is 2.43. The van der Waals surface area contributed by atoms with E-state index in [1.807, 2.05) is 17.7 Å². The lowest BCUT2D eigenvalue weighted by Crippen LogP contribution is -2.29. The van der Waals surface area contributed by atoms with Crippen LogP contribution >= 0.6 is 0 Å². The van der Waals surface area contributed by atoms with Gasteiger partial charge in [0.25, 0.3) is 15.9 Å². The molecule has 0 bridgehead atoms. The summed E-state index contributed by atoms with van der Waals surface area (Å²) in [6, 6.07) is 8.61. The molecule has 0 saturated carbocycles. The summed E-state index contributed by atoms with van der Waals surface area (Å²) in [6.45, 7) is 3.67. The number of rotatable bonds is 4. The minimum absolute atomic E-state index is 0.337. The highest BCUT2D eigenvalue weighted by atomic mass is 32.2. The second-order valence-electron chi connectivity index (χ2n) is 4.88. The SMILES string of the molecule is Cc1ccc(C(=O)NS(=O)(=O)/C=C/c2cccnc2)c(C)c1. The molecule has 0 unspecified atom stereocenters. The van der Waals surface area contributed by atoms with Crippen LogP contribution in [0.3, 0.4) is 0 Å². The Morgan fingerprint density at radius 2 is 2.00 bits per heavy atom. The molecule has 0 atom stereocenters. The zero-order chi connectivity index (χ0) is 16.2. The lowest BCUT2D eigenvalue weighted by atomic mass is 10.1. The van der Waals surface area contributed by atoms with Crippen LogP contribution in [0.2, 0.25) is 0 Å². The minimum atomic E-state index is -3.86. The number of hydrogen-bond acceptors (Lipinski definition) is 4. The van der Waals surface area contributed by atoms with Gasteiger partial charge in [-0.2, -0.15) is 0 Å². The smallest absolute Gasteiger partial charge is 0.265 e. The van der Waals surface area contributed by atoms with E-state index < -0.39 is 15.9 Å². The summed E-state index contributed by atoms with van der Waals surface area (Å²) in [7, 11) is -3.86. The first kappa shape index (κ1) is 15.9. The summed E-state index contributed by atoms with van der Waals surface area (Å²) < 4.78 is 25.9. The van der Waals surface area contributed by atoms with E-state index in [-0.39, 0.29) is 0 Å². The van der Waals surface area contributed by atoms with Crippen molar-refractivity contribution < 1.29 is 13.2 Å². The lowest BCUT2D eigenvalue weighted by Gasteiger charge is -2.07. The number of aryl methyl sites for hydroxylation is 2. The van der Waals surface area contributed by atoms with Gasteiger partial charge >= 0.3 is 0 Å². The number of nitrogens with zero attached hydrogens (tertiary/aromatic N) is 1. The first-order valence-electron chi connectivity index (χ1n) is 6.60. The second kappa shape index (κ2) is 6.53. The average Bonchev–Trinajstić information content (AvgIpc) is 2.45. The third kappa shape index (κ3) is 4.26. The van der Waals surface area contributed by atoms with Gasteiger partial charge in [0, 0.05) is 18.0 Å². The van der Waals surface area contributed by atoms with Crippen molar-refractivity contribution >= 4 is 22.0 Å². The third-order valence-electron chi connectivity index (χ3n) is 2.99. The van der Waals surface area contributed by atoms with Crippen LogP contribution in [0.4, 0.5) is 0 Å². The fraction of sp³-hybridized carbons (Fsp3) is 0.125. The van der Waals surface area contributed by atoms with Crippen molar-refractivity contribution in [2.24, 2.45) is 0 Å². The Hall–Kier alpha value is -2.47. The molecule has 0 spiro atoms. The van der Waals surface area contributed by atoms with Crippen molar-refractivity contribution in [3.63, 3.8) is 0 Å². The molecule has 2 rings (SSSR count). The van der Waals surface area contributed by atoms with E-state index in [4.69, 9.17) is 0 Å².